The van der Waals surface area contributed by atoms with Crippen molar-refractivity contribution in [3.63, 3.8) is 0 Å². The Morgan fingerprint density at radius 2 is 1.86 bits per heavy atom. The summed E-state index contributed by atoms with van der Waals surface area (Å²) in [6.45, 7) is 3.95. The van der Waals surface area contributed by atoms with Crippen LogP contribution in [0.4, 0.5) is 0 Å². The van der Waals surface area contributed by atoms with Gasteiger partial charge in [-0.2, -0.15) is 0 Å². The number of nitrogens with one attached hydrogen (secondary N) is 2. The molecule has 0 bridgehead atoms. The van der Waals surface area contributed by atoms with Crippen molar-refractivity contribution in [3.8, 4) is 0 Å². The molecular formula is C15H25BN2O3. The summed E-state index contributed by atoms with van der Waals surface area (Å²) in [7, 11) is 0.172. The van der Waals surface area contributed by atoms with Gasteiger partial charge in [0.2, 0.25) is 5.91 Å². The maximum Gasteiger partial charge on any atom is 0.475 e. The number of amides is 1. The number of rotatable bonds is 8. The first kappa shape index (κ1) is 17.7. The molecule has 0 aliphatic rings. The Hall–Kier alpha value is -1.37. The topological polar surface area (TPSA) is 81.6 Å². The van der Waals surface area contributed by atoms with Crippen LogP contribution in [-0.4, -0.2) is 42.1 Å². The molecule has 0 fully saturated rings. The Balaban J connectivity index is 2.65. The highest BCUT2D eigenvalue weighted by Gasteiger charge is 2.28. The SMILES string of the molecule is CN[C@@H](Cc1ccccc1)C(=O)N[C@@H](CC(C)C)B(O)O. The molecule has 2 atom stereocenters. The van der Waals surface area contributed by atoms with Gasteiger partial charge in [0, 0.05) is 0 Å². The fourth-order valence-corrected chi connectivity index (χ4v) is 2.22. The Labute approximate surface area is 126 Å². The van der Waals surface area contributed by atoms with Gasteiger partial charge in [-0.05, 0) is 31.4 Å². The van der Waals surface area contributed by atoms with Crippen molar-refractivity contribution < 1.29 is 14.8 Å². The van der Waals surface area contributed by atoms with Crippen molar-refractivity contribution >= 4 is 13.0 Å². The van der Waals surface area contributed by atoms with Crippen LogP contribution in [0.5, 0.6) is 0 Å². The van der Waals surface area contributed by atoms with E-state index < -0.39 is 19.1 Å². The third kappa shape index (κ3) is 6.29. The van der Waals surface area contributed by atoms with Crippen LogP contribution in [0.1, 0.15) is 25.8 Å². The van der Waals surface area contributed by atoms with Gasteiger partial charge < -0.3 is 20.7 Å². The van der Waals surface area contributed by atoms with E-state index in [2.05, 4.69) is 10.6 Å². The van der Waals surface area contributed by atoms with E-state index in [-0.39, 0.29) is 11.8 Å². The summed E-state index contributed by atoms with van der Waals surface area (Å²) in [5.74, 6) is -0.608. The van der Waals surface area contributed by atoms with Gasteiger partial charge in [-0.3, -0.25) is 4.79 Å². The maximum atomic E-state index is 12.3. The minimum Gasteiger partial charge on any atom is -0.426 e. The van der Waals surface area contributed by atoms with E-state index in [4.69, 9.17) is 0 Å². The summed E-state index contributed by atoms with van der Waals surface area (Å²) in [5.41, 5.74) is 1.05. The molecule has 1 amide bonds. The molecule has 0 saturated carbocycles. The molecule has 0 saturated heterocycles. The van der Waals surface area contributed by atoms with Crippen LogP contribution in [0.25, 0.3) is 0 Å². The van der Waals surface area contributed by atoms with E-state index in [1.54, 1.807) is 7.05 Å². The van der Waals surface area contributed by atoms with Gasteiger partial charge in [-0.25, -0.2) is 0 Å². The van der Waals surface area contributed by atoms with Crippen LogP contribution >= 0.6 is 0 Å². The molecule has 0 aliphatic carbocycles. The first-order valence-corrected chi connectivity index (χ1v) is 7.31. The third-order valence-corrected chi connectivity index (χ3v) is 3.36. The summed E-state index contributed by atoms with van der Waals surface area (Å²) in [5, 5.41) is 24.4. The van der Waals surface area contributed by atoms with Crippen molar-refractivity contribution in [1.82, 2.24) is 10.6 Å². The number of carbonyl (C=O) groups is 1. The lowest BCUT2D eigenvalue weighted by atomic mass is 9.75. The number of benzene rings is 1. The summed E-state index contributed by atoms with van der Waals surface area (Å²) in [6.07, 6.45) is 1.07. The standard InChI is InChI=1S/C15H25BN2O3/c1-11(2)9-14(16(20)21)18-15(19)13(17-3)10-12-7-5-4-6-8-12/h4-8,11,13-14,17,20-21H,9-10H2,1-3H3,(H,18,19)/t13-,14-/m0/s1. The largest absolute Gasteiger partial charge is 0.475 e. The predicted molar refractivity (Wildman–Crippen MR) is 84.6 cm³/mol. The normalized spacial score (nSPS) is 13.8. The van der Waals surface area contributed by atoms with Crippen molar-refractivity contribution in [2.75, 3.05) is 7.05 Å². The molecule has 0 aromatic heterocycles. The van der Waals surface area contributed by atoms with E-state index in [1.165, 1.54) is 0 Å². The number of hydrogen-bond acceptors (Lipinski definition) is 4. The predicted octanol–water partition coefficient (Wildman–Crippen LogP) is 0.360. The Morgan fingerprint density at radius 3 is 2.33 bits per heavy atom. The maximum absolute atomic E-state index is 12.3. The molecule has 0 heterocycles. The van der Waals surface area contributed by atoms with Gasteiger partial charge in [0.1, 0.15) is 0 Å². The van der Waals surface area contributed by atoms with Crippen LogP contribution in [0.2, 0.25) is 0 Å². The zero-order chi connectivity index (χ0) is 15.8. The fraction of sp³-hybridized carbons (Fsp3) is 0.533. The highest BCUT2D eigenvalue weighted by molar-refractivity contribution is 6.43. The first-order chi connectivity index (χ1) is 9.93. The second-order valence-corrected chi connectivity index (χ2v) is 5.69. The van der Waals surface area contributed by atoms with E-state index >= 15 is 0 Å². The molecule has 0 radical (unpaired) electrons. The quantitative estimate of drug-likeness (QED) is 0.522. The van der Waals surface area contributed by atoms with E-state index in [0.717, 1.165) is 5.56 Å². The van der Waals surface area contributed by atoms with Crippen molar-refractivity contribution in [1.29, 1.82) is 0 Å². The molecule has 1 aromatic carbocycles. The summed E-state index contributed by atoms with van der Waals surface area (Å²) in [6, 6.07) is 9.31. The molecule has 116 valence electrons. The molecule has 21 heavy (non-hydrogen) atoms. The summed E-state index contributed by atoms with van der Waals surface area (Å²) in [4.78, 5) is 12.3. The highest BCUT2D eigenvalue weighted by atomic mass is 16.4. The molecule has 0 unspecified atom stereocenters. The second kappa shape index (κ2) is 8.82. The van der Waals surface area contributed by atoms with Crippen LogP contribution < -0.4 is 10.6 Å². The van der Waals surface area contributed by atoms with Gasteiger partial charge in [0.15, 0.2) is 0 Å². The lowest BCUT2D eigenvalue weighted by molar-refractivity contribution is -0.123. The minimum absolute atomic E-state index is 0.222. The van der Waals surface area contributed by atoms with Crippen LogP contribution in [0.3, 0.4) is 0 Å². The van der Waals surface area contributed by atoms with Gasteiger partial charge in [-0.15, -0.1) is 0 Å². The highest BCUT2D eigenvalue weighted by Crippen LogP contribution is 2.08. The molecule has 5 nitrogen and oxygen atoms in total. The molecule has 0 aliphatic heterocycles. The molecule has 6 heteroatoms. The van der Waals surface area contributed by atoms with Crippen molar-refractivity contribution in [3.05, 3.63) is 35.9 Å². The minimum atomic E-state index is -1.55. The first-order valence-electron chi connectivity index (χ1n) is 7.31. The van der Waals surface area contributed by atoms with Gasteiger partial charge in [0.25, 0.3) is 0 Å². The number of likely N-dealkylation sites (N-methyl/N-ethyl adjacent to an activating group) is 1. The van der Waals surface area contributed by atoms with Crippen molar-refractivity contribution in [2.45, 2.75) is 38.7 Å². The Kier molecular flexibility index (Phi) is 7.43. The zero-order valence-electron chi connectivity index (χ0n) is 12.9. The molecular weight excluding hydrogens is 267 g/mol. The average molecular weight is 292 g/mol. The smallest absolute Gasteiger partial charge is 0.426 e. The van der Waals surface area contributed by atoms with Crippen molar-refractivity contribution in [2.24, 2.45) is 5.92 Å². The van der Waals surface area contributed by atoms with Crippen LogP contribution in [0.15, 0.2) is 30.3 Å². The zero-order valence-corrected chi connectivity index (χ0v) is 12.9. The average Bonchev–Trinajstić information content (AvgIpc) is 2.44. The second-order valence-electron chi connectivity index (χ2n) is 5.69. The number of hydrogen-bond donors (Lipinski definition) is 4. The molecule has 4 N–H and O–H groups in total. The third-order valence-electron chi connectivity index (χ3n) is 3.36. The summed E-state index contributed by atoms with van der Waals surface area (Å²) < 4.78 is 0. The fourth-order valence-electron chi connectivity index (χ4n) is 2.22. The van der Waals surface area contributed by atoms with Gasteiger partial charge >= 0.3 is 7.12 Å². The van der Waals surface area contributed by atoms with E-state index in [1.807, 2.05) is 44.2 Å². The molecule has 0 spiro atoms. The van der Waals surface area contributed by atoms with E-state index in [0.29, 0.717) is 12.8 Å². The summed E-state index contributed by atoms with van der Waals surface area (Å²) >= 11 is 0. The van der Waals surface area contributed by atoms with Crippen LogP contribution in [0, 0.1) is 5.92 Å². The molecule has 1 aromatic rings. The van der Waals surface area contributed by atoms with Gasteiger partial charge in [-0.1, -0.05) is 44.2 Å². The Bertz CT molecular complexity index is 426. The lowest BCUT2D eigenvalue weighted by Crippen LogP contribution is -2.53. The van der Waals surface area contributed by atoms with Gasteiger partial charge in [0.05, 0.1) is 12.0 Å². The van der Waals surface area contributed by atoms with Crippen LogP contribution in [-0.2, 0) is 11.2 Å². The Morgan fingerprint density at radius 1 is 1.24 bits per heavy atom. The van der Waals surface area contributed by atoms with E-state index in [9.17, 15) is 14.8 Å². The molecule has 1 rings (SSSR count). The lowest BCUT2D eigenvalue weighted by Gasteiger charge is -2.23. The number of carbonyl (C=O) groups excluding carboxylic acids is 1. The monoisotopic (exact) mass is 292 g/mol.